The van der Waals surface area contributed by atoms with Crippen molar-refractivity contribution in [1.29, 1.82) is 0 Å². The predicted octanol–water partition coefficient (Wildman–Crippen LogP) is 4.74. The Morgan fingerprint density at radius 3 is 2.52 bits per heavy atom. The molecule has 0 unspecified atom stereocenters. The largest absolute Gasteiger partial charge is 0.359 e. The summed E-state index contributed by atoms with van der Waals surface area (Å²) in [6.07, 6.45) is 3.63. The number of nitrogens with one attached hydrogen (secondary N) is 1. The van der Waals surface area contributed by atoms with Gasteiger partial charge in [0.2, 0.25) is 0 Å². The van der Waals surface area contributed by atoms with Gasteiger partial charge in [0.05, 0.1) is 16.0 Å². The number of H-pyrrole nitrogens is 1. The van der Waals surface area contributed by atoms with Gasteiger partial charge in [-0.25, -0.2) is 0 Å². The Kier molecular flexibility index (Phi) is 2.69. The maximum absolute atomic E-state index is 13.1. The van der Waals surface area contributed by atoms with Crippen molar-refractivity contribution in [1.82, 2.24) is 4.98 Å². The lowest BCUT2D eigenvalue weighted by atomic mass is 9.87. The maximum Gasteiger partial charge on any atom is 0.175 e. The zero-order chi connectivity index (χ0) is 14.4. The second-order valence-corrected chi connectivity index (χ2v) is 6.05. The fraction of sp³-hybridized carbons (Fsp3) is 0.167. The van der Waals surface area contributed by atoms with Crippen LogP contribution in [0.4, 0.5) is 0 Å². The smallest absolute Gasteiger partial charge is 0.175 e. The molecule has 1 aliphatic carbocycles. The van der Waals surface area contributed by atoms with Crippen LogP contribution in [0.2, 0.25) is 5.02 Å². The molecule has 0 bridgehead atoms. The number of aromatic amines is 1. The molecule has 1 saturated carbocycles. The third-order valence-electron chi connectivity index (χ3n) is 4.42. The molecular formula is C18H14ClNO. The van der Waals surface area contributed by atoms with Gasteiger partial charge < -0.3 is 4.98 Å². The molecule has 1 fully saturated rings. The number of carbonyl (C=O) groups is 1. The molecule has 3 heteroatoms. The van der Waals surface area contributed by atoms with Crippen molar-refractivity contribution in [2.24, 2.45) is 0 Å². The van der Waals surface area contributed by atoms with E-state index in [1.807, 2.05) is 48.5 Å². The zero-order valence-electron chi connectivity index (χ0n) is 11.4. The highest BCUT2D eigenvalue weighted by Crippen LogP contribution is 2.51. The van der Waals surface area contributed by atoms with Crippen LogP contribution in [0, 0.1) is 0 Å². The molecule has 0 spiro atoms. The van der Waals surface area contributed by atoms with E-state index in [1.165, 1.54) is 0 Å². The van der Waals surface area contributed by atoms with Gasteiger partial charge in [-0.3, -0.25) is 4.79 Å². The number of benzene rings is 2. The third-order valence-corrected chi connectivity index (χ3v) is 4.74. The van der Waals surface area contributed by atoms with Crippen LogP contribution < -0.4 is 0 Å². The van der Waals surface area contributed by atoms with E-state index in [0.29, 0.717) is 5.02 Å². The summed E-state index contributed by atoms with van der Waals surface area (Å²) in [6, 6.07) is 15.7. The van der Waals surface area contributed by atoms with E-state index in [4.69, 9.17) is 11.6 Å². The molecule has 1 aliphatic rings. The average molecular weight is 296 g/mol. The summed E-state index contributed by atoms with van der Waals surface area (Å²) in [7, 11) is 0. The number of carbonyl (C=O) groups excluding carboxylic acids is 1. The standard InChI is InChI=1S/C18H14ClNO/c19-15-8-4-7-13-14(11-20-16(13)15)17(21)18(9-10-18)12-5-2-1-3-6-12/h1-8,11,20H,9-10H2. The second-order valence-electron chi connectivity index (χ2n) is 5.64. The van der Waals surface area contributed by atoms with Gasteiger partial charge in [0.1, 0.15) is 0 Å². The molecule has 2 nitrogen and oxygen atoms in total. The average Bonchev–Trinajstić information content (AvgIpc) is 3.22. The molecule has 4 rings (SSSR count). The number of halogens is 1. The van der Waals surface area contributed by atoms with Gasteiger partial charge >= 0.3 is 0 Å². The monoisotopic (exact) mass is 295 g/mol. The quantitative estimate of drug-likeness (QED) is 0.696. The second kappa shape index (κ2) is 4.47. The Balaban J connectivity index is 1.83. The predicted molar refractivity (Wildman–Crippen MR) is 85.0 cm³/mol. The fourth-order valence-electron chi connectivity index (χ4n) is 3.09. The van der Waals surface area contributed by atoms with E-state index in [9.17, 15) is 4.79 Å². The fourth-order valence-corrected chi connectivity index (χ4v) is 3.32. The van der Waals surface area contributed by atoms with E-state index in [1.54, 1.807) is 6.20 Å². The lowest BCUT2D eigenvalue weighted by Crippen LogP contribution is -2.20. The SMILES string of the molecule is O=C(c1c[nH]c2c(Cl)cccc12)C1(c2ccccc2)CC1. The molecule has 0 amide bonds. The lowest BCUT2D eigenvalue weighted by molar-refractivity contribution is 0.0948. The van der Waals surface area contributed by atoms with Gasteiger partial charge in [-0.15, -0.1) is 0 Å². The number of hydrogen-bond donors (Lipinski definition) is 1. The molecule has 0 atom stereocenters. The highest BCUT2D eigenvalue weighted by molar-refractivity contribution is 6.35. The molecule has 0 radical (unpaired) electrons. The Hall–Kier alpha value is -2.06. The summed E-state index contributed by atoms with van der Waals surface area (Å²) in [5.74, 6) is 0.196. The topological polar surface area (TPSA) is 32.9 Å². The molecule has 0 aliphatic heterocycles. The summed E-state index contributed by atoms with van der Waals surface area (Å²) >= 11 is 6.18. The number of para-hydroxylation sites is 1. The Morgan fingerprint density at radius 2 is 1.81 bits per heavy atom. The van der Waals surface area contributed by atoms with Crippen molar-refractivity contribution in [2.45, 2.75) is 18.3 Å². The van der Waals surface area contributed by atoms with Crippen LogP contribution in [0.15, 0.2) is 54.7 Å². The molecule has 0 saturated heterocycles. The Morgan fingerprint density at radius 1 is 1.05 bits per heavy atom. The first-order valence-corrected chi connectivity index (χ1v) is 7.46. The molecule has 3 aromatic rings. The first-order valence-electron chi connectivity index (χ1n) is 7.08. The lowest BCUT2D eigenvalue weighted by Gasteiger charge is -2.13. The van der Waals surface area contributed by atoms with E-state index in [-0.39, 0.29) is 11.2 Å². The molecule has 1 heterocycles. The molecule has 21 heavy (non-hydrogen) atoms. The molecular weight excluding hydrogens is 282 g/mol. The van der Waals surface area contributed by atoms with E-state index < -0.39 is 0 Å². The maximum atomic E-state index is 13.1. The summed E-state index contributed by atoms with van der Waals surface area (Å²) in [5, 5.41) is 1.56. The molecule has 1 aromatic heterocycles. The minimum atomic E-state index is -0.335. The van der Waals surface area contributed by atoms with Crippen LogP contribution in [-0.4, -0.2) is 10.8 Å². The van der Waals surface area contributed by atoms with Crippen LogP contribution in [0.1, 0.15) is 28.8 Å². The number of Topliss-reactive ketones (excluding diaryl/α,β-unsaturated/α-hetero) is 1. The number of rotatable bonds is 3. The molecule has 1 N–H and O–H groups in total. The van der Waals surface area contributed by atoms with Crippen molar-refractivity contribution in [3.63, 3.8) is 0 Å². The van der Waals surface area contributed by atoms with Gasteiger partial charge in [-0.2, -0.15) is 0 Å². The molecule has 2 aromatic carbocycles. The number of hydrogen-bond acceptors (Lipinski definition) is 1. The minimum absolute atomic E-state index is 0.196. The van der Waals surface area contributed by atoms with E-state index in [0.717, 1.165) is 34.9 Å². The van der Waals surface area contributed by atoms with Gasteiger partial charge in [0.25, 0.3) is 0 Å². The van der Waals surface area contributed by atoms with Gasteiger partial charge in [-0.05, 0) is 24.5 Å². The van der Waals surface area contributed by atoms with Crippen molar-refractivity contribution in [3.8, 4) is 0 Å². The number of fused-ring (bicyclic) bond motifs is 1. The third kappa shape index (κ3) is 1.83. The Bertz CT molecular complexity index is 831. The first kappa shape index (κ1) is 12.7. The zero-order valence-corrected chi connectivity index (χ0v) is 12.2. The van der Waals surface area contributed by atoms with Gasteiger partial charge in [0.15, 0.2) is 5.78 Å². The van der Waals surface area contributed by atoms with E-state index >= 15 is 0 Å². The highest BCUT2D eigenvalue weighted by atomic mass is 35.5. The normalized spacial score (nSPS) is 16.0. The van der Waals surface area contributed by atoms with Crippen LogP contribution in [0.3, 0.4) is 0 Å². The summed E-state index contributed by atoms with van der Waals surface area (Å²) in [5.41, 5.74) is 2.37. The molecule has 104 valence electrons. The summed E-state index contributed by atoms with van der Waals surface area (Å²) in [6.45, 7) is 0. The minimum Gasteiger partial charge on any atom is -0.359 e. The van der Waals surface area contributed by atoms with Crippen molar-refractivity contribution < 1.29 is 4.79 Å². The first-order chi connectivity index (χ1) is 10.2. The van der Waals surface area contributed by atoms with Crippen LogP contribution >= 0.6 is 11.6 Å². The summed E-state index contributed by atoms with van der Waals surface area (Å²) < 4.78 is 0. The Labute approximate surface area is 127 Å². The van der Waals surface area contributed by atoms with Crippen molar-refractivity contribution in [3.05, 3.63) is 70.9 Å². The number of aromatic nitrogens is 1. The van der Waals surface area contributed by atoms with Crippen LogP contribution in [-0.2, 0) is 5.41 Å². The highest BCUT2D eigenvalue weighted by Gasteiger charge is 2.51. The van der Waals surface area contributed by atoms with E-state index in [2.05, 4.69) is 4.98 Å². The summed E-state index contributed by atoms with van der Waals surface area (Å²) in [4.78, 5) is 16.2. The van der Waals surface area contributed by atoms with Gasteiger partial charge in [0, 0.05) is 17.1 Å². The van der Waals surface area contributed by atoms with Crippen molar-refractivity contribution >= 4 is 28.3 Å². The van der Waals surface area contributed by atoms with Gasteiger partial charge in [-0.1, -0.05) is 54.1 Å². The van der Waals surface area contributed by atoms with Crippen LogP contribution in [0.25, 0.3) is 10.9 Å². The number of ketones is 1. The van der Waals surface area contributed by atoms with Crippen molar-refractivity contribution in [2.75, 3.05) is 0 Å². The van der Waals surface area contributed by atoms with Crippen LogP contribution in [0.5, 0.6) is 0 Å².